The minimum absolute atomic E-state index is 0.313. The second-order valence-electron chi connectivity index (χ2n) is 3.00. The highest BCUT2D eigenvalue weighted by Crippen LogP contribution is 2.20. The Hall–Kier alpha value is -0.710. The van der Waals surface area contributed by atoms with Crippen molar-refractivity contribution in [2.75, 3.05) is 11.5 Å². The largest absolute Gasteiger partial charge is 0.260 e. The van der Waals surface area contributed by atoms with Crippen LogP contribution in [0.15, 0.2) is 6.33 Å². The quantitative estimate of drug-likeness (QED) is 0.709. The van der Waals surface area contributed by atoms with Gasteiger partial charge in [-0.3, -0.25) is 4.21 Å². The van der Waals surface area contributed by atoms with E-state index in [-0.39, 0.29) is 0 Å². The molecule has 0 N–H and O–H groups in total. The zero-order chi connectivity index (χ0) is 10.6. The highest BCUT2D eigenvalue weighted by Gasteiger charge is 2.24. The van der Waals surface area contributed by atoms with Gasteiger partial charge in [0.25, 0.3) is 0 Å². The molecule has 1 fully saturated rings. The molecule has 2 heterocycles. The van der Waals surface area contributed by atoms with E-state index >= 15 is 0 Å². The number of hydrogen-bond donors (Lipinski definition) is 0. The van der Waals surface area contributed by atoms with Crippen LogP contribution in [0.4, 0.5) is 0 Å². The van der Waals surface area contributed by atoms with Gasteiger partial charge in [0.05, 0.1) is 6.04 Å². The van der Waals surface area contributed by atoms with Crippen LogP contribution in [0.1, 0.15) is 32.1 Å². The Kier molecular flexibility index (Phi) is 4.25. The molecule has 0 bridgehead atoms. The molecule has 1 saturated heterocycles. The first-order valence-corrected chi connectivity index (χ1v) is 6.47. The number of hydrogen-bond acceptors (Lipinski definition) is 3. The average Bonchev–Trinajstić information content (AvgIpc) is 2.78. The fraction of sp³-hybridized carbons (Fsp3) is 0.778. The van der Waals surface area contributed by atoms with Gasteiger partial charge in [0.1, 0.15) is 12.2 Å². The summed E-state index contributed by atoms with van der Waals surface area (Å²) in [6.07, 6.45) is 2.52. The Morgan fingerprint density at radius 2 is 2.29 bits per heavy atom. The first-order chi connectivity index (χ1) is 6.77. The van der Waals surface area contributed by atoms with Gasteiger partial charge in [-0.25, -0.2) is 9.67 Å². The van der Waals surface area contributed by atoms with E-state index in [1.165, 1.54) is 0 Å². The summed E-state index contributed by atoms with van der Waals surface area (Å²) in [5, 5.41) is 4.10. The van der Waals surface area contributed by atoms with Crippen LogP contribution in [0.25, 0.3) is 0 Å². The monoisotopic (exact) mass is 215 g/mol. The Balaban J connectivity index is 0.000000461. The zero-order valence-electron chi connectivity index (χ0n) is 8.93. The molecule has 0 aromatic carbocycles. The van der Waals surface area contributed by atoms with Crippen molar-refractivity contribution in [3.8, 4) is 0 Å². The van der Waals surface area contributed by atoms with E-state index in [1.54, 1.807) is 6.33 Å². The number of nitrogens with zero attached hydrogens (tertiary/aromatic N) is 3. The molecule has 0 aliphatic carbocycles. The molecule has 80 valence electrons. The van der Waals surface area contributed by atoms with Gasteiger partial charge in [0.15, 0.2) is 0 Å². The maximum absolute atomic E-state index is 11.1. The van der Waals surface area contributed by atoms with Crippen molar-refractivity contribution in [2.45, 2.75) is 33.2 Å². The summed E-state index contributed by atoms with van der Waals surface area (Å²) in [5.74, 6) is 2.47. The molecule has 1 aromatic rings. The molecular formula is C9H17N3OS. The summed E-state index contributed by atoms with van der Waals surface area (Å²) >= 11 is 0. The smallest absolute Gasteiger partial charge is 0.138 e. The fourth-order valence-electron chi connectivity index (χ4n) is 1.51. The van der Waals surface area contributed by atoms with Crippen LogP contribution in [0, 0.1) is 6.92 Å². The average molecular weight is 215 g/mol. The van der Waals surface area contributed by atoms with E-state index in [0.29, 0.717) is 6.04 Å². The molecule has 0 saturated carbocycles. The number of rotatable bonds is 1. The lowest BCUT2D eigenvalue weighted by Crippen LogP contribution is -2.12. The standard InChI is InChI=1S/C7H11N3OS.C2H6/c1-6-8-5-9-10(6)7-2-3-12(11)4-7;1-2/h5,7H,2-4H2,1H3;1-2H3. The van der Waals surface area contributed by atoms with E-state index in [9.17, 15) is 4.21 Å². The number of aromatic nitrogens is 3. The normalized spacial score (nSPS) is 25.6. The maximum atomic E-state index is 11.1. The van der Waals surface area contributed by atoms with Crippen LogP contribution in [0.2, 0.25) is 0 Å². The highest BCUT2D eigenvalue weighted by atomic mass is 32.2. The summed E-state index contributed by atoms with van der Waals surface area (Å²) in [6, 6.07) is 0.313. The fourth-order valence-corrected chi connectivity index (χ4v) is 2.95. The minimum Gasteiger partial charge on any atom is -0.260 e. The Morgan fingerprint density at radius 1 is 1.57 bits per heavy atom. The summed E-state index contributed by atoms with van der Waals surface area (Å²) < 4.78 is 13.0. The molecule has 0 amide bonds. The molecule has 2 atom stereocenters. The van der Waals surface area contributed by atoms with Gasteiger partial charge in [0.2, 0.25) is 0 Å². The number of aryl methyl sites for hydroxylation is 1. The van der Waals surface area contributed by atoms with Crippen LogP contribution in [0.5, 0.6) is 0 Å². The Bertz CT molecular complexity index is 311. The van der Waals surface area contributed by atoms with Gasteiger partial charge < -0.3 is 0 Å². The first kappa shape index (κ1) is 11.4. The van der Waals surface area contributed by atoms with E-state index < -0.39 is 10.8 Å². The second kappa shape index (κ2) is 5.24. The van der Waals surface area contributed by atoms with Crippen molar-refractivity contribution in [3.63, 3.8) is 0 Å². The third-order valence-electron chi connectivity index (χ3n) is 2.16. The molecular weight excluding hydrogens is 198 g/mol. The van der Waals surface area contributed by atoms with Gasteiger partial charge in [-0.2, -0.15) is 5.10 Å². The molecule has 5 heteroatoms. The van der Waals surface area contributed by atoms with Crippen LogP contribution < -0.4 is 0 Å². The molecule has 14 heavy (non-hydrogen) atoms. The lowest BCUT2D eigenvalue weighted by atomic mass is 10.3. The Labute approximate surface area is 87.2 Å². The van der Waals surface area contributed by atoms with Crippen molar-refractivity contribution in [1.29, 1.82) is 0 Å². The predicted octanol–water partition coefficient (Wildman–Crippen LogP) is 1.31. The van der Waals surface area contributed by atoms with E-state index in [4.69, 9.17) is 0 Å². The lowest BCUT2D eigenvalue weighted by molar-refractivity contribution is 0.487. The van der Waals surface area contributed by atoms with Gasteiger partial charge in [-0.15, -0.1) is 0 Å². The van der Waals surface area contributed by atoms with Gasteiger partial charge in [0, 0.05) is 22.3 Å². The topological polar surface area (TPSA) is 47.8 Å². The van der Waals surface area contributed by atoms with Gasteiger partial charge in [-0.05, 0) is 13.3 Å². The van der Waals surface area contributed by atoms with E-state index in [0.717, 1.165) is 23.8 Å². The summed E-state index contributed by atoms with van der Waals surface area (Å²) in [5.41, 5.74) is 0. The third kappa shape index (κ3) is 2.41. The summed E-state index contributed by atoms with van der Waals surface area (Å²) in [6.45, 7) is 5.92. The third-order valence-corrected chi connectivity index (χ3v) is 3.60. The van der Waals surface area contributed by atoms with Crippen LogP contribution in [-0.2, 0) is 10.8 Å². The molecule has 0 radical (unpaired) electrons. The van der Waals surface area contributed by atoms with Gasteiger partial charge >= 0.3 is 0 Å². The predicted molar refractivity (Wildman–Crippen MR) is 57.6 cm³/mol. The lowest BCUT2D eigenvalue weighted by Gasteiger charge is -2.08. The van der Waals surface area contributed by atoms with Crippen molar-refractivity contribution in [3.05, 3.63) is 12.2 Å². The molecule has 1 aromatic heterocycles. The van der Waals surface area contributed by atoms with Crippen molar-refractivity contribution < 1.29 is 4.21 Å². The minimum atomic E-state index is -0.634. The van der Waals surface area contributed by atoms with Crippen molar-refractivity contribution in [1.82, 2.24) is 14.8 Å². The molecule has 0 spiro atoms. The molecule has 2 rings (SSSR count). The van der Waals surface area contributed by atoms with Gasteiger partial charge in [-0.1, -0.05) is 13.8 Å². The molecule has 1 aliphatic heterocycles. The Morgan fingerprint density at radius 3 is 2.71 bits per heavy atom. The second-order valence-corrected chi connectivity index (χ2v) is 4.63. The van der Waals surface area contributed by atoms with E-state index in [1.807, 2.05) is 25.5 Å². The highest BCUT2D eigenvalue weighted by molar-refractivity contribution is 7.85. The zero-order valence-corrected chi connectivity index (χ0v) is 9.75. The molecule has 1 aliphatic rings. The van der Waals surface area contributed by atoms with Crippen LogP contribution in [0.3, 0.4) is 0 Å². The van der Waals surface area contributed by atoms with Crippen molar-refractivity contribution in [2.24, 2.45) is 0 Å². The van der Waals surface area contributed by atoms with Crippen LogP contribution >= 0.6 is 0 Å². The SMILES string of the molecule is CC.Cc1ncnn1C1CCS(=O)C1. The first-order valence-electron chi connectivity index (χ1n) is 4.98. The molecule has 4 nitrogen and oxygen atoms in total. The summed E-state index contributed by atoms with van der Waals surface area (Å²) in [4.78, 5) is 4.04. The van der Waals surface area contributed by atoms with Crippen LogP contribution in [-0.4, -0.2) is 30.5 Å². The maximum Gasteiger partial charge on any atom is 0.138 e. The van der Waals surface area contributed by atoms with Crippen molar-refractivity contribution >= 4 is 10.8 Å². The molecule has 2 unspecified atom stereocenters. The van der Waals surface area contributed by atoms with E-state index in [2.05, 4.69) is 10.1 Å². The summed E-state index contributed by atoms with van der Waals surface area (Å²) in [7, 11) is -0.634.